The molecule has 0 saturated carbocycles. The summed E-state index contributed by atoms with van der Waals surface area (Å²) in [6.45, 7) is 1.86. The minimum Gasteiger partial charge on any atom is -0.469 e. The van der Waals surface area contributed by atoms with Gasteiger partial charge in [-0.25, -0.2) is 0 Å². The maximum atomic E-state index is 11.9. The number of nitrogens with zero attached hydrogens (tertiary/aromatic N) is 2. The fourth-order valence-corrected chi connectivity index (χ4v) is 2.12. The normalized spacial score (nSPS) is 10.8. The number of aryl methyl sites for hydroxylation is 3. The van der Waals surface area contributed by atoms with Gasteiger partial charge in [0.1, 0.15) is 16.7 Å². The monoisotopic (exact) mass is 266 g/mol. The number of aromatic nitrogens is 2. The number of hydrogen-bond donors (Lipinski definition) is 0. The number of carbonyl (C=O) groups is 1. The third kappa shape index (κ3) is 2.82. The largest absolute Gasteiger partial charge is 0.469 e. The van der Waals surface area contributed by atoms with Crippen LogP contribution in [-0.2, 0) is 24.7 Å². The van der Waals surface area contributed by atoms with Crippen LogP contribution in [0.15, 0.2) is 22.8 Å². The van der Waals surface area contributed by atoms with Gasteiger partial charge in [0, 0.05) is 31.9 Å². The van der Waals surface area contributed by atoms with E-state index in [1.807, 2.05) is 19.1 Å². The first-order valence-electron chi connectivity index (χ1n) is 5.80. The fourth-order valence-electron chi connectivity index (χ4n) is 1.88. The zero-order valence-corrected chi connectivity index (χ0v) is 11.2. The average Bonchev–Trinajstić information content (AvgIpc) is 2.92. The molecule has 0 unspecified atom stereocenters. The second-order valence-electron chi connectivity index (χ2n) is 4.27. The lowest BCUT2D eigenvalue weighted by molar-refractivity contribution is -0.118. The SMILES string of the molecule is Cc1nn(C)c(Cl)c1CC(=O)CCc1ccco1. The number of ketones is 1. The molecule has 0 radical (unpaired) electrons. The molecule has 0 amide bonds. The highest BCUT2D eigenvalue weighted by molar-refractivity contribution is 6.30. The van der Waals surface area contributed by atoms with Crippen LogP contribution in [0.1, 0.15) is 23.4 Å². The Labute approximate surface area is 111 Å². The highest BCUT2D eigenvalue weighted by Gasteiger charge is 2.15. The van der Waals surface area contributed by atoms with E-state index in [0.29, 0.717) is 24.4 Å². The van der Waals surface area contributed by atoms with E-state index in [4.69, 9.17) is 16.0 Å². The molecule has 0 bridgehead atoms. The Morgan fingerprint density at radius 2 is 2.33 bits per heavy atom. The van der Waals surface area contributed by atoms with Crippen LogP contribution in [0.5, 0.6) is 0 Å². The van der Waals surface area contributed by atoms with E-state index in [9.17, 15) is 4.79 Å². The molecule has 0 fully saturated rings. The molecule has 0 saturated heterocycles. The number of halogens is 1. The van der Waals surface area contributed by atoms with Crippen molar-refractivity contribution in [2.45, 2.75) is 26.2 Å². The van der Waals surface area contributed by atoms with Crippen LogP contribution in [0, 0.1) is 6.92 Å². The van der Waals surface area contributed by atoms with Gasteiger partial charge in [0.25, 0.3) is 0 Å². The second-order valence-corrected chi connectivity index (χ2v) is 4.63. The molecule has 2 aromatic heterocycles. The van der Waals surface area contributed by atoms with E-state index in [0.717, 1.165) is 17.0 Å². The van der Waals surface area contributed by atoms with Crippen LogP contribution in [0.2, 0.25) is 5.15 Å². The molecule has 0 aliphatic heterocycles. The first kappa shape index (κ1) is 12.9. The molecule has 0 atom stereocenters. The maximum absolute atomic E-state index is 11.9. The molecule has 0 aromatic carbocycles. The summed E-state index contributed by atoms with van der Waals surface area (Å²) >= 11 is 6.09. The molecule has 5 heteroatoms. The van der Waals surface area contributed by atoms with Crippen LogP contribution >= 0.6 is 11.6 Å². The summed E-state index contributed by atoms with van der Waals surface area (Å²) in [6, 6.07) is 3.69. The van der Waals surface area contributed by atoms with Crippen molar-refractivity contribution in [2.24, 2.45) is 7.05 Å². The zero-order valence-electron chi connectivity index (χ0n) is 10.4. The smallest absolute Gasteiger partial charge is 0.137 e. The predicted octanol–water partition coefficient (Wildman–Crippen LogP) is 2.72. The summed E-state index contributed by atoms with van der Waals surface area (Å²) in [6.07, 6.45) is 3.03. The van der Waals surface area contributed by atoms with Crippen molar-refractivity contribution in [3.63, 3.8) is 0 Å². The van der Waals surface area contributed by atoms with Gasteiger partial charge in [-0.2, -0.15) is 5.10 Å². The second kappa shape index (κ2) is 5.40. The fraction of sp³-hybridized carbons (Fsp3) is 0.385. The van der Waals surface area contributed by atoms with Crippen LogP contribution in [0.4, 0.5) is 0 Å². The lowest BCUT2D eigenvalue weighted by Gasteiger charge is -2.00. The van der Waals surface area contributed by atoms with Gasteiger partial charge in [-0.3, -0.25) is 9.48 Å². The van der Waals surface area contributed by atoms with Crippen molar-refractivity contribution >= 4 is 17.4 Å². The summed E-state index contributed by atoms with van der Waals surface area (Å²) in [5.41, 5.74) is 1.64. The molecule has 2 rings (SSSR count). The van der Waals surface area contributed by atoms with Gasteiger partial charge in [-0.15, -0.1) is 0 Å². The summed E-state index contributed by atoms with van der Waals surface area (Å²) in [7, 11) is 1.77. The van der Waals surface area contributed by atoms with Gasteiger partial charge in [0.05, 0.1) is 12.0 Å². The van der Waals surface area contributed by atoms with Crippen LogP contribution < -0.4 is 0 Å². The Morgan fingerprint density at radius 1 is 1.56 bits per heavy atom. The molecule has 0 aliphatic rings. The van der Waals surface area contributed by atoms with Crippen LogP contribution in [0.3, 0.4) is 0 Å². The van der Waals surface area contributed by atoms with E-state index in [-0.39, 0.29) is 5.78 Å². The third-order valence-corrected chi connectivity index (χ3v) is 3.35. The van der Waals surface area contributed by atoms with Crippen molar-refractivity contribution in [1.82, 2.24) is 9.78 Å². The molecule has 0 spiro atoms. The van der Waals surface area contributed by atoms with E-state index < -0.39 is 0 Å². The van der Waals surface area contributed by atoms with Crippen molar-refractivity contribution in [1.29, 1.82) is 0 Å². The Bertz CT molecular complexity index is 544. The van der Waals surface area contributed by atoms with Gasteiger partial charge < -0.3 is 4.42 Å². The van der Waals surface area contributed by atoms with E-state index >= 15 is 0 Å². The highest BCUT2D eigenvalue weighted by Crippen LogP contribution is 2.20. The lowest BCUT2D eigenvalue weighted by atomic mass is 10.1. The minimum absolute atomic E-state index is 0.143. The molecule has 4 nitrogen and oxygen atoms in total. The van der Waals surface area contributed by atoms with Crippen LogP contribution in [0.25, 0.3) is 0 Å². The summed E-state index contributed by atoms with van der Waals surface area (Å²) in [5, 5.41) is 4.73. The molecule has 0 aliphatic carbocycles. The van der Waals surface area contributed by atoms with Crippen molar-refractivity contribution < 1.29 is 9.21 Å². The molecule has 0 N–H and O–H groups in total. The van der Waals surface area contributed by atoms with E-state index in [2.05, 4.69) is 5.10 Å². The van der Waals surface area contributed by atoms with Gasteiger partial charge >= 0.3 is 0 Å². The Hall–Kier alpha value is -1.55. The highest BCUT2D eigenvalue weighted by atomic mass is 35.5. The van der Waals surface area contributed by atoms with Gasteiger partial charge in [-0.05, 0) is 19.1 Å². The molecule has 96 valence electrons. The average molecular weight is 267 g/mol. The van der Waals surface area contributed by atoms with E-state index in [1.165, 1.54) is 0 Å². The van der Waals surface area contributed by atoms with Crippen LogP contribution in [-0.4, -0.2) is 15.6 Å². The quantitative estimate of drug-likeness (QED) is 0.836. The zero-order chi connectivity index (χ0) is 13.1. The standard InChI is InChI=1S/C13H15ClN2O2/c1-9-12(13(14)16(2)15-9)8-10(17)5-6-11-4-3-7-18-11/h3-4,7H,5-6,8H2,1-2H3. The first-order chi connectivity index (χ1) is 8.58. The molecule has 2 heterocycles. The number of hydrogen-bond acceptors (Lipinski definition) is 3. The Balaban J connectivity index is 1.95. The Kier molecular flexibility index (Phi) is 3.87. The molecular formula is C13H15ClN2O2. The number of Topliss-reactive ketones (excluding diaryl/α,β-unsaturated/α-hetero) is 1. The summed E-state index contributed by atoms with van der Waals surface area (Å²) in [5.74, 6) is 0.974. The minimum atomic E-state index is 0.143. The maximum Gasteiger partial charge on any atom is 0.137 e. The topological polar surface area (TPSA) is 48.0 Å². The summed E-state index contributed by atoms with van der Waals surface area (Å²) < 4.78 is 6.78. The van der Waals surface area contributed by atoms with Gasteiger partial charge in [0.15, 0.2) is 0 Å². The molecule has 18 heavy (non-hydrogen) atoms. The Morgan fingerprint density at radius 3 is 2.89 bits per heavy atom. The number of carbonyl (C=O) groups excluding carboxylic acids is 1. The van der Waals surface area contributed by atoms with Gasteiger partial charge in [-0.1, -0.05) is 11.6 Å². The van der Waals surface area contributed by atoms with Crippen molar-refractivity contribution in [3.8, 4) is 0 Å². The van der Waals surface area contributed by atoms with Crippen molar-refractivity contribution in [2.75, 3.05) is 0 Å². The number of rotatable bonds is 5. The van der Waals surface area contributed by atoms with Crippen molar-refractivity contribution in [3.05, 3.63) is 40.6 Å². The molecular weight excluding hydrogens is 252 g/mol. The van der Waals surface area contributed by atoms with E-state index in [1.54, 1.807) is 18.0 Å². The first-order valence-corrected chi connectivity index (χ1v) is 6.17. The summed E-state index contributed by atoms with van der Waals surface area (Å²) in [4.78, 5) is 11.9. The van der Waals surface area contributed by atoms with Gasteiger partial charge in [0.2, 0.25) is 0 Å². The third-order valence-electron chi connectivity index (χ3n) is 2.87. The lowest BCUT2D eigenvalue weighted by Crippen LogP contribution is -2.05. The number of furan rings is 1. The molecule has 2 aromatic rings. The predicted molar refractivity (Wildman–Crippen MR) is 68.7 cm³/mol.